The van der Waals surface area contributed by atoms with E-state index in [4.69, 9.17) is 4.74 Å². The number of rotatable bonds is 7. The Balaban J connectivity index is 2.43. The SMILES string of the molecule is CCOC(=O)C(=O)c1c(-c2ccccc2)nnn1CCC(C)C. The summed E-state index contributed by atoms with van der Waals surface area (Å²) in [5, 5.41) is 8.18. The van der Waals surface area contributed by atoms with Crippen molar-refractivity contribution in [2.24, 2.45) is 5.92 Å². The number of nitrogens with zero attached hydrogens (tertiary/aromatic N) is 3. The summed E-state index contributed by atoms with van der Waals surface area (Å²) in [6, 6.07) is 9.24. The van der Waals surface area contributed by atoms with Crippen LogP contribution in [0, 0.1) is 5.92 Å². The largest absolute Gasteiger partial charge is 0.460 e. The first-order chi connectivity index (χ1) is 11.0. The monoisotopic (exact) mass is 315 g/mol. The van der Waals surface area contributed by atoms with Gasteiger partial charge in [0.05, 0.1) is 6.61 Å². The summed E-state index contributed by atoms with van der Waals surface area (Å²) < 4.78 is 6.34. The maximum atomic E-state index is 12.5. The summed E-state index contributed by atoms with van der Waals surface area (Å²) in [6.07, 6.45) is 0.834. The van der Waals surface area contributed by atoms with Crippen LogP contribution in [0.4, 0.5) is 0 Å². The lowest BCUT2D eigenvalue weighted by molar-refractivity contribution is -0.137. The maximum absolute atomic E-state index is 12.5. The molecule has 0 aliphatic heterocycles. The van der Waals surface area contributed by atoms with Gasteiger partial charge in [0, 0.05) is 12.1 Å². The van der Waals surface area contributed by atoms with E-state index in [2.05, 4.69) is 24.2 Å². The van der Waals surface area contributed by atoms with Crippen molar-refractivity contribution >= 4 is 11.8 Å². The van der Waals surface area contributed by atoms with Crippen LogP contribution in [0.2, 0.25) is 0 Å². The molecule has 0 radical (unpaired) electrons. The van der Waals surface area contributed by atoms with Gasteiger partial charge in [-0.3, -0.25) is 4.79 Å². The van der Waals surface area contributed by atoms with Gasteiger partial charge in [0.15, 0.2) is 0 Å². The summed E-state index contributed by atoms with van der Waals surface area (Å²) in [4.78, 5) is 24.4. The van der Waals surface area contributed by atoms with Gasteiger partial charge < -0.3 is 4.74 Å². The lowest BCUT2D eigenvalue weighted by Crippen LogP contribution is -2.22. The molecule has 6 nitrogen and oxygen atoms in total. The molecule has 2 rings (SSSR count). The predicted molar refractivity (Wildman–Crippen MR) is 85.9 cm³/mol. The average Bonchev–Trinajstić information content (AvgIpc) is 2.97. The predicted octanol–water partition coefficient (Wildman–Crippen LogP) is 2.74. The van der Waals surface area contributed by atoms with Gasteiger partial charge in [-0.15, -0.1) is 5.10 Å². The van der Waals surface area contributed by atoms with Gasteiger partial charge >= 0.3 is 5.97 Å². The first-order valence-electron chi connectivity index (χ1n) is 7.75. The molecule has 0 aliphatic rings. The van der Waals surface area contributed by atoms with Gasteiger partial charge in [0.1, 0.15) is 11.4 Å². The summed E-state index contributed by atoms with van der Waals surface area (Å²) in [6.45, 7) is 6.51. The molecule has 122 valence electrons. The Morgan fingerprint density at radius 3 is 2.52 bits per heavy atom. The molecule has 23 heavy (non-hydrogen) atoms. The molecule has 6 heteroatoms. The first-order valence-corrected chi connectivity index (χ1v) is 7.75. The third-order valence-electron chi connectivity index (χ3n) is 3.38. The van der Waals surface area contributed by atoms with Crippen LogP contribution in [-0.2, 0) is 16.1 Å². The molecule has 0 fully saturated rings. The van der Waals surface area contributed by atoms with E-state index in [0.29, 0.717) is 18.2 Å². The second kappa shape index (κ2) is 7.67. The molecule has 0 saturated heterocycles. The highest BCUT2D eigenvalue weighted by Crippen LogP contribution is 2.22. The number of ether oxygens (including phenoxy) is 1. The Labute approximate surface area is 135 Å². The minimum absolute atomic E-state index is 0.152. The zero-order valence-corrected chi connectivity index (χ0v) is 13.7. The number of esters is 1. The van der Waals surface area contributed by atoms with E-state index < -0.39 is 11.8 Å². The molecule has 0 N–H and O–H groups in total. The van der Waals surface area contributed by atoms with E-state index in [1.165, 1.54) is 4.68 Å². The van der Waals surface area contributed by atoms with Crippen molar-refractivity contribution in [2.45, 2.75) is 33.7 Å². The Kier molecular flexibility index (Phi) is 5.62. The maximum Gasteiger partial charge on any atom is 0.381 e. The topological polar surface area (TPSA) is 74.1 Å². The Morgan fingerprint density at radius 2 is 1.91 bits per heavy atom. The number of hydrogen-bond acceptors (Lipinski definition) is 5. The molecule has 1 heterocycles. The van der Waals surface area contributed by atoms with Crippen LogP contribution in [0.3, 0.4) is 0 Å². The highest BCUT2D eigenvalue weighted by Gasteiger charge is 2.28. The van der Waals surface area contributed by atoms with Crippen LogP contribution < -0.4 is 0 Å². The molecule has 0 aliphatic carbocycles. The average molecular weight is 315 g/mol. The number of ketones is 1. The van der Waals surface area contributed by atoms with Crippen LogP contribution in [0.15, 0.2) is 30.3 Å². The van der Waals surface area contributed by atoms with E-state index in [-0.39, 0.29) is 12.3 Å². The van der Waals surface area contributed by atoms with Crippen LogP contribution in [-0.4, -0.2) is 33.4 Å². The highest BCUT2D eigenvalue weighted by molar-refractivity contribution is 6.41. The Morgan fingerprint density at radius 1 is 1.22 bits per heavy atom. The van der Waals surface area contributed by atoms with Gasteiger partial charge in [0.2, 0.25) is 0 Å². The fourth-order valence-corrected chi connectivity index (χ4v) is 2.16. The minimum atomic E-state index is -0.877. The van der Waals surface area contributed by atoms with Crippen molar-refractivity contribution in [1.29, 1.82) is 0 Å². The first kappa shape index (κ1) is 16.9. The van der Waals surface area contributed by atoms with Crippen molar-refractivity contribution in [3.05, 3.63) is 36.0 Å². The fraction of sp³-hybridized carbons (Fsp3) is 0.412. The molecule has 0 saturated carbocycles. The third-order valence-corrected chi connectivity index (χ3v) is 3.38. The molecule has 1 aromatic heterocycles. The van der Waals surface area contributed by atoms with Gasteiger partial charge in [0.25, 0.3) is 5.78 Å². The third kappa shape index (κ3) is 4.03. The van der Waals surface area contributed by atoms with E-state index in [1.54, 1.807) is 6.92 Å². The van der Waals surface area contributed by atoms with E-state index in [1.807, 2.05) is 30.3 Å². The van der Waals surface area contributed by atoms with Crippen molar-refractivity contribution in [3.63, 3.8) is 0 Å². The molecular formula is C17H21N3O3. The number of aryl methyl sites for hydroxylation is 1. The molecular weight excluding hydrogens is 294 g/mol. The second-order valence-electron chi connectivity index (χ2n) is 5.61. The standard InChI is InChI=1S/C17H21N3O3/c1-4-23-17(22)16(21)15-14(13-8-6-5-7-9-13)18-19-20(15)11-10-12(2)3/h5-9,12H,4,10-11H2,1-3H3. The van der Waals surface area contributed by atoms with Gasteiger partial charge in [-0.25, -0.2) is 9.48 Å². The van der Waals surface area contributed by atoms with Crippen LogP contribution in [0.25, 0.3) is 11.3 Å². The quantitative estimate of drug-likeness (QED) is 0.446. The molecule has 0 bridgehead atoms. The molecule has 0 atom stereocenters. The summed E-state index contributed by atoms with van der Waals surface area (Å²) in [5.74, 6) is -1.14. The number of hydrogen-bond donors (Lipinski definition) is 0. The molecule has 1 aromatic carbocycles. The van der Waals surface area contributed by atoms with Crippen LogP contribution in [0.1, 0.15) is 37.7 Å². The number of carbonyl (C=O) groups is 2. The van der Waals surface area contributed by atoms with Crippen molar-refractivity contribution in [2.75, 3.05) is 6.61 Å². The summed E-state index contributed by atoms with van der Waals surface area (Å²) in [7, 11) is 0. The van der Waals surface area contributed by atoms with Gasteiger partial charge in [-0.1, -0.05) is 49.4 Å². The van der Waals surface area contributed by atoms with Crippen LogP contribution in [0.5, 0.6) is 0 Å². The van der Waals surface area contributed by atoms with E-state index in [9.17, 15) is 9.59 Å². The number of Topliss-reactive ketones (excluding diaryl/α,β-unsaturated/α-hetero) is 1. The van der Waals surface area contributed by atoms with Gasteiger partial charge in [-0.2, -0.15) is 0 Å². The number of carbonyl (C=O) groups excluding carboxylic acids is 2. The summed E-state index contributed by atoms with van der Waals surface area (Å²) in [5.41, 5.74) is 1.35. The summed E-state index contributed by atoms with van der Waals surface area (Å²) >= 11 is 0. The number of benzene rings is 1. The number of aromatic nitrogens is 3. The molecule has 2 aromatic rings. The Bertz CT molecular complexity index is 678. The lowest BCUT2D eigenvalue weighted by atomic mass is 10.1. The highest BCUT2D eigenvalue weighted by atomic mass is 16.5. The lowest BCUT2D eigenvalue weighted by Gasteiger charge is -2.08. The van der Waals surface area contributed by atoms with Gasteiger partial charge in [-0.05, 0) is 19.3 Å². The van der Waals surface area contributed by atoms with Crippen molar-refractivity contribution < 1.29 is 14.3 Å². The molecule has 0 unspecified atom stereocenters. The molecule has 0 spiro atoms. The van der Waals surface area contributed by atoms with Crippen molar-refractivity contribution in [3.8, 4) is 11.3 Å². The fourth-order valence-electron chi connectivity index (χ4n) is 2.16. The van der Waals surface area contributed by atoms with E-state index >= 15 is 0 Å². The van der Waals surface area contributed by atoms with Crippen LogP contribution >= 0.6 is 0 Å². The smallest absolute Gasteiger partial charge is 0.381 e. The Hall–Kier alpha value is -2.50. The zero-order chi connectivity index (χ0) is 16.8. The molecule has 0 amide bonds. The minimum Gasteiger partial charge on any atom is -0.460 e. The second-order valence-corrected chi connectivity index (χ2v) is 5.61. The zero-order valence-electron chi connectivity index (χ0n) is 13.7. The van der Waals surface area contributed by atoms with E-state index in [0.717, 1.165) is 12.0 Å². The normalized spacial score (nSPS) is 10.8. The van der Waals surface area contributed by atoms with Crippen molar-refractivity contribution in [1.82, 2.24) is 15.0 Å².